The van der Waals surface area contributed by atoms with Gasteiger partial charge in [-0.25, -0.2) is 8.42 Å². The molecule has 0 spiro atoms. The van der Waals surface area contributed by atoms with Crippen molar-refractivity contribution in [1.29, 1.82) is 0 Å². The minimum Gasteiger partial charge on any atom is -0.486 e. The number of sulfonamides is 1. The van der Waals surface area contributed by atoms with Gasteiger partial charge in [-0.3, -0.25) is 9.10 Å². The van der Waals surface area contributed by atoms with Gasteiger partial charge in [-0.2, -0.15) is 0 Å². The number of nitrogens with zero attached hydrogens (tertiary/aromatic N) is 1. The topological polar surface area (TPSA) is 94.2 Å². The average molecular weight is 501 g/mol. The zero-order valence-electron chi connectivity index (χ0n) is 17.9. The van der Waals surface area contributed by atoms with Crippen molar-refractivity contribution in [2.75, 3.05) is 24.0 Å². The molecule has 0 aliphatic carbocycles. The largest absolute Gasteiger partial charge is 0.486 e. The Bertz CT molecular complexity index is 1320. The monoisotopic (exact) mass is 500 g/mol. The second-order valence-electron chi connectivity index (χ2n) is 7.81. The fourth-order valence-corrected chi connectivity index (χ4v) is 5.46. The first-order valence-electron chi connectivity index (χ1n) is 10.6. The van der Waals surface area contributed by atoms with E-state index in [9.17, 15) is 13.2 Å². The number of rotatable bonds is 5. The molecule has 5 rings (SSSR count). The van der Waals surface area contributed by atoms with Gasteiger partial charge in [0, 0.05) is 5.02 Å². The Morgan fingerprint density at radius 1 is 0.971 bits per heavy atom. The predicted octanol–water partition coefficient (Wildman–Crippen LogP) is 3.25. The van der Waals surface area contributed by atoms with Crippen molar-refractivity contribution < 1.29 is 27.4 Å². The highest BCUT2D eigenvalue weighted by atomic mass is 35.5. The number of carbonyl (C=O) groups is 1. The minimum atomic E-state index is -3.96. The first-order chi connectivity index (χ1) is 16.4. The summed E-state index contributed by atoms with van der Waals surface area (Å²) in [6.45, 7) is 0.242. The smallest absolute Gasteiger partial charge is 0.264 e. The second kappa shape index (κ2) is 9.08. The number of fused-ring (bicyclic) bond motifs is 2. The average Bonchev–Trinajstić information content (AvgIpc) is 2.87. The molecule has 0 saturated heterocycles. The van der Waals surface area contributed by atoms with Crippen LogP contribution in [0.5, 0.6) is 17.2 Å². The van der Waals surface area contributed by atoms with Crippen molar-refractivity contribution >= 4 is 33.2 Å². The van der Waals surface area contributed by atoms with E-state index in [1.807, 2.05) is 18.2 Å². The van der Waals surface area contributed by atoms with Gasteiger partial charge in [-0.1, -0.05) is 41.9 Å². The van der Waals surface area contributed by atoms with Crippen molar-refractivity contribution in [1.82, 2.24) is 5.32 Å². The van der Waals surface area contributed by atoms with Gasteiger partial charge in [0.1, 0.15) is 18.5 Å². The lowest BCUT2D eigenvalue weighted by Crippen LogP contribution is -2.52. The van der Waals surface area contributed by atoms with E-state index in [2.05, 4.69) is 5.32 Å². The zero-order valence-corrected chi connectivity index (χ0v) is 19.5. The molecule has 1 N–H and O–H groups in total. The van der Waals surface area contributed by atoms with Crippen LogP contribution in [-0.2, 0) is 14.8 Å². The highest BCUT2D eigenvalue weighted by Crippen LogP contribution is 2.39. The van der Waals surface area contributed by atoms with Crippen LogP contribution in [0.4, 0.5) is 5.69 Å². The van der Waals surface area contributed by atoms with Crippen LogP contribution in [0, 0.1) is 0 Å². The lowest BCUT2D eigenvalue weighted by Gasteiger charge is -2.35. The van der Waals surface area contributed by atoms with Crippen LogP contribution in [0.1, 0.15) is 0 Å². The molecule has 34 heavy (non-hydrogen) atoms. The Morgan fingerprint density at radius 3 is 2.50 bits per heavy atom. The molecule has 3 aromatic carbocycles. The maximum Gasteiger partial charge on any atom is 0.264 e. The summed E-state index contributed by atoms with van der Waals surface area (Å²) < 4.78 is 45.4. The van der Waals surface area contributed by atoms with Crippen molar-refractivity contribution in [3.05, 3.63) is 77.8 Å². The number of carbonyl (C=O) groups excluding carboxylic acids is 1. The molecule has 2 heterocycles. The molecule has 10 heteroatoms. The maximum absolute atomic E-state index is 13.4. The number of amides is 1. The van der Waals surface area contributed by atoms with Crippen molar-refractivity contribution in [2.24, 2.45) is 0 Å². The van der Waals surface area contributed by atoms with Gasteiger partial charge in [0.25, 0.3) is 15.9 Å². The minimum absolute atomic E-state index is 0.105. The molecule has 2 atom stereocenters. The van der Waals surface area contributed by atoms with Crippen LogP contribution in [0.3, 0.4) is 0 Å². The van der Waals surface area contributed by atoms with E-state index in [0.717, 1.165) is 4.31 Å². The zero-order chi connectivity index (χ0) is 23.7. The van der Waals surface area contributed by atoms with Gasteiger partial charge in [0.15, 0.2) is 17.6 Å². The summed E-state index contributed by atoms with van der Waals surface area (Å²) >= 11 is 6.13. The number of para-hydroxylation sites is 2. The van der Waals surface area contributed by atoms with Crippen LogP contribution >= 0.6 is 11.6 Å². The van der Waals surface area contributed by atoms with E-state index in [-0.39, 0.29) is 36.0 Å². The Labute approximate surface area is 202 Å². The quantitative estimate of drug-likeness (QED) is 0.578. The normalized spacial score (nSPS) is 19.0. The number of halogens is 1. The molecule has 0 saturated carbocycles. The molecule has 0 unspecified atom stereocenters. The summed E-state index contributed by atoms with van der Waals surface area (Å²) in [5.74, 6) is 1.04. The van der Waals surface area contributed by atoms with E-state index in [1.54, 1.807) is 36.4 Å². The lowest BCUT2D eigenvalue weighted by atomic mass is 10.2. The van der Waals surface area contributed by atoms with Crippen LogP contribution in [0.15, 0.2) is 77.7 Å². The SMILES string of the molecule is O=C(NC[C@@H]1COc2ccccc2O1)[C@H]1CN(S(=O)(=O)c2ccccc2)c2cc(Cl)ccc2O1. The molecule has 0 bridgehead atoms. The highest BCUT2D eigenvalue weighted by Gasteiger charge is 2.38. The van der Waals surface area contributed by atoms with Crippen molar-refractivity contribution in [3.8, 4) is 17.2 Å². The number of ether oxygens (including phenoxy) is 3. The molecule has 2 aliphatic heterocycles. The summed E-state index contributed by atoms with van der Waals surface area (Å²) in [4.78, 5) is 13.1. The number of hydrogen-bond donors (Lipinski definition) is 1. The molecule has 0 fully saturated rings. The highest BCUT2D eigenvalue weighted by molar-refractivity contribution is 7.92. The Kier molecular flexibility index (Phi) is 5.97. The molecule has 176 valence electrons. The van der Waals surface area contributed by atoms with Crippen molar-refractivity contribution in [2.45, 2.75) is 17.1 Å². The molecule has 1 amide bonds. The van der Waals surface area contributed by atoms with Crippen LogP contribution < -0.4 is 23.8 Å². The van der Waals surface area contributed by atoms with E-state index in [1.165, 1.54) is 18.2 Å². The number of benzene rings is 3. The standard InChI is InChI=1S/C24H21ClN2O6S/c25-16-10-11-20-19(12-16)27(34(29,30)18-6-2-1-3-7-18)14-23(33-20)24(28)26-13-17-15-31-21-8-4-5-9-22(21)32-17/h1-12,17,23H,13-15H2,(H,26,28)/t17-,23-/m1/s1. The molecule has 8 nitrogen and oxygen atoms in total. The third-order valence-corrected chi connectivity index (χ3v) is 7.51. The van der Waals surface area contributed by atoms with Gasteiger partial charge in [-0.15, -0.1) is 0 Å². The number of nitrogens with one attached hydrogen (secondary N) is 1. The molecular formula is C24H21ClN2O6S. The van der Waals surface area contributed by atoms with Crippen LogP contribution in [0.25, 0.3) is 0 Å². The molecule has 0 aromatic heterocycles. The Balaban J connectivity index is 1.34. The van der Waals surface area contributed by atoms with Gasteiger partial charge < -0.3 is 19.5 Å². The molecule has 0 radical (unpaired) electrons. The van der Waals surface area contributed by atoms with Gasteiger partial charge in [-0.05, 0) is 42.5 Å². The lowest BCUT2D eigenvalue weighted by molar-refractivity contribution is -0.128. The molecule has 2 aliphatic rings. The van der Waals surface area contributed by atoms with Crippen molar-refractivity contribution in [3.63, 3.8) is 0 Å². The van der Waals surface area contributed by atoms with E-state index in [0.29, 0.717) is 16.5 Å². The third kappa shape index (κ3) is 4.36. The molecular weight excluding hydrogens is 480 g/mol. The van der Waals surface area contributed by atoms with Crippen LogP contribution in [0.2, 0.25) is 5.02 Å². The van der Waals surface area contributed by atoms with Gasteiger partial charge >= 0.3 is 0 Å². The summed E-state index contributed by atoms with van der Waals surface area (Å²) in [7, 11) is -3.96. The second-order valence-corrected chi connectivity index (χ2v) is 10.1. The molecule has 3 aromatic rings. The van der Waals surface area contributed by atoms with E-state index < -0.39 is 28.1 Å². The fraction of sp³-hybridized carbons (Fsp3) is 0.208. The predicted molar refractivity (Wildman–Crippen MR) is 126 cm³/mol. The fourth-order valence-electron chi connectivity index (χ4n) is 3.80. The Morgan fingerprint density at radius 2 is 1.71 bits per heavy atom. The summed E-state index contributed by atoms with van der Waals surface area (Å²) in [6, 6.07) is 20.0. The van der Waals surface area contributed by atoms with Crippen LogP contribution in [-0.4, -0.2) is 46.2 Å². The van der Waals surface area contributed by atoms with Gasteiger partial charge in [0.05, 0.1) is 23.7 Å². The number of hydrogen-bond acceptors (Lipinski definition) is 6. The summed E-state index contributed by atoms with van der Waals surface area (Å²) in [5.41, 5.74) is 0.279. The first-order valence-corrected chi connectivity index (χ1v) is 12.4. The Hall–Kier alpha value is -3.43. The summed E-state index contributed by atoms with van der Waals surface area (Å²) in [5, 5.41) is 3.15. The third-order valence-electron chi connectivity index (χ3n) is 5.49. The van der Waals surface area contributed by atoms with E-state index in [4.69, 9.17) is 25.8 Å². The van der Waals surface area contributed by atoms with Gasteiger partial charge in [0.2, 0.25) is 0 Å². The first kappa shape index (κ1) is 22.4. The maximum atomic E-state index is 13.4. The number of anilines is 1. The van der Waals surface area contributed by atoms with E-state index >= 15 is 0 Å². The summed E-state index contributed by atoms with van der Waals surface area (Å²) in [6.07, 6.45) is -1.46.